The third kappa shape index (κ3) is 2.76. The van der Waals surface area contributed by atoms with Crippen LogP contribution in [0.4, 0.5) is 5.69 Å². The summed E-state index contributed by atoms with van der Waals surface area (Å²) in [5.41, 5.74) is 2.91. The highest BCUT2D eigenvalue weighted by atomic mass is 16.5. The highest BCUT2D eigenvalue weighted by Crippen LogP contribution is 2.38. The molecule has 2 fully saturated rings. The van der Waals surface area contributed by atoms with Crippen molar-refractivity contribution < 1.29 is 4.74 Å². The molecule has 1 aromatic rings. The Labute approximate surface area is 128 Å². The number of ether oxygens (including phenoxy) is 1. The third-order valence-corrected chi connectivity index (χ3v) is 5.30. The maximum Gasteiger partial charge on any atom is 0.142 e. The fourth-order valence-electron chi connectivity index (χ4n) is 4.01. The molecule has 1 spiro atoms. The van der Waals surface area contributed by atoms with Crippen LogP contribution in [0.3, 0.4) is 0 Å². The van der Waals surface area contributed by atoms with Crippen LogP contribution < -0.4 is 15.0 Å². The van der Waals surface area contributed by atoms with E-state index in [1.807, 2.05) is 0 Å². The van der Waals surface area contributed by atoms with E-state index < -0.39 is 0 Å². The number of anilines is 1. The minimum Gasteiger partial charge on any atom is -0.495 e. The van der Waals surface area contributed by atoms with Crippen LogP contribution in [-0.4, -0.2) is 31.8 Å². The number of piperazine rings is 1. The van der Waals surface area contributed by atoms with Crippen LogP contribution in [0.2, 0.25) is 0 Å². The SMILES string of the molecule is CCC1CNC2(CCCC2)CN1c1cc(C)ccc1OC. The van der Waals surface area contributed by atoms with Crippen molar-refractivity contribution in [3.05, 3.63) is 23.8 Å². The maximum atomic E-state index is 5.64. The molecule has 2 aliphatic rings. The lowest BCUT2D eigenvalue weighted by atomic mass is 9.91. The van der Waals surface area contributed by atoms with Gasteiger partial charge in [-0.15, -0.1) is 0 Å². The van der Waals surface area contributed by atoms with Crippen LogP contribution in [0.5, 0.6) is 5.75 Å². The van der Waals surface area contributed by atoms with Gasteiger partial charge in [-0.25, -0.2) is 0 Å². The number of hydrogen-bond acceptors (Lipinski definition) is 3. The van der Waals surface area contributed by atoms with E-state index in [9.17, 15) is 0 Å². The van der Waals surface area contributed by atoms with E-state index in [1.54, 1.807) is 7.11 Å². The van der Waals surface area contributed by atoms with Crippen molar-refractivity contribution in [3.8, 4) is 5.75 Å². The van der Waals surface area contributed by atoms with Gasteiger partial charge in [0, 0.05) is 24.7 Å². The number of nitrogens with zero attached hydrogens (tertiary/aromatic N) is 1. The second-order valence-corrected chi connectivity index (χ2v) is 6.73. The predicted octanol–water partition coefficient (Wildman–Crippen LogP) is 3.50. The van der Waals surface area contributed by atoms with Crippen molar-refractivity contribution in [1.29, 1.82) is 0 Å². The fourth-order valence-corrected chi connectivity index (χ4v) is 4.01. The summed E-state index contributed by atoms with van der Waals surface area (Å²) in [5.74, 6) is 1.01. The minimum absolute atomic E-state index is 0.334. The molecular formula is C18H28N2O. The van der Waals surface area contributed by atoms with Crippen LogP contribution in [0.15, 0.2) is 18.2 Å². The third-order valence-electron chi connectivity index (χ3n) is 5.30. The van der Waals surface area contributed by atoms with E-state index in [1.165, 1.54) is 43.4 Å². The van der Waals surface area contributed by atoms with Gasteiger partial charge in [0.15, 0.2) is 0 Å². The number of benzene rings is 1. The van der Waals surface area contributed by atoms with E-state index in [4.69, 9.17) is 4.74 Å². The number of hydrogen-bond donors (Lipinski definition) is 1. The Morgan fingerprint density at radius 2 is 2.10 bits per heavy atom. The van der Waals surface area contributed by atoms with Gasteiger partial charge < -0.3 is 15.0 Å². The van der Waals surface area contributed by atoms with Gasteiger partial charge in [-0.2, -0.15) is 0 Å². The Balaban J connectivity index is 1.94. The van der Waals surface area contributed by atoms with Crippen LogP contribution >= 0.6 is 0 Å². The Kier molecular flexibility index (Phi) is 4.12. The Morgan fingerprint density at radius 3 is 2.76 bits per heavy atom. The van der Waals surface area contributed by atoms with Crippen molar-refractivity contribution in [2.45, 2.75) is 57.5 Å². The molecule has 1 N–H and O–H groups in total. The predicted molar refractivity (Wildman–Crippen MR) is 88.4 cm³/mol. The van der Waals surface area contributed by atoms with E-state index >= 15 is 0 Å². The lowest BCUT2D eigenvalue weighted by Gasteiger charge is -2.47. The summed E-state index contributed by atoms with van der Waals surface area (Å²) in [6.45, 7) is 6.66. The van der Waals surface area contributed by atoms with Crippen LogP contribution in [-0.2, 0) is 0 Å². The summed E-state index contributed by atoms with van der Waals surface area (Å²) in [6, 6.07) is 7.10. The molecule has 0 amide bonds. The zero-order chi connectivity index (χ0) is 14.9. The molecule has 1 aromatic carbocycles. The summed E-state index contributed by atoms with van der Waals surface area (Å²) in [6.07, 6.45) is 6.52. The van der Waals surface area contributed by atoms with E-state index in [0.717, 1.165) is 18.8 Å². The van der Waals surface area contributed by atoms with Crippen LogP contribution in [0, 0.1) is 6.92 Å². The summed E-state index contributed by atoms with van der Waals surface area (Å²) in [5, 5.41) is 3.86. The van der Waals surface area contributed by atoms with Crippen molar-refractivity contribution in [2.24, 2.45) is 0 Å². The summed E-state index contributed by atoms with van der Waals surface area (Å²) in [7, 11) is 1.78. The molecule has 1 heterocycles. The van der Waals surface area contributed by atoms with Crippen molar-refractivity contribution >= 4 is 5.69 Å². The zero-order valence-corrected chi connectivity index (χ0v) is 13.6. The molecule has 116 valence electrons. The summed E-state index contributed by atoms with van der Waals surface area (Å²) in [4.78, 5) is 2.60. The Bertz CT molecular complexity index is 494. The molecule has 0 bridgehead atoms. The zero-order valence-electron chi connectivity index (χ0n) is 13.6. The number of methoxy groups -OCH3 is 1. The molecule has 1 saturated heterocycles. The van der Waals surface area contributed by atoms with E-state index in [2.05, 4.69) is 42.3 Å². The smallest absolute Gasteiger partial charge is 0.142 e. The van der Waals surface area contributed by atoms with Gasteiger partial charge in [0.25, 0.3) is 0 Å². The molecule has 0 radical (unpaired) electrons. The molecule has 0 aromatic heterocycles. The van der Waals surface area contributed by atoms with Gasteiger partial charge in [-0.3, -0.25) is 0 Å². The van der Waals surface area contributed by atoms with Crippen molar-refractivity contribution in [2.75, 3.05) is 25.1 Å². The standard InChI is InChI=1S/C18H28N2O/c1-4-15-12-19-18(9-5-6-10-18)13-20(15)16-11-14(2)7-8-17(16)21-3/h7-8,11,15,19H,4-6,9-10,12-13H2,1-3H3. The normalized spacial score (nSPS) is 24.5. The minimum atomic E-state index is 0.334. The number of aryl methyl sites for hydroxylation is 1. The monoisotopic (exact) mass is 288 g/mol. The molecule has 1 aliphatic heterocycles. The Morgan fingerprint density at radius 1 is 1.33 bits per heavy atom. The van der Waals surface area contributed by atoms with Gasteiger partial charge in [-0.1, -0.05) is 25.8 Å². The highest BCUT2D eigenvalue weighted by Gasteiger charge is 2.41. The van der Waals surface area contributed by atoms with Crippen LogP contribution in [0.25, 0.3) is 0 Å². The average molecular weight is 288 g/mol. The van der Waals surface area contributed by atoms with E-state index in [0.29, 0.717) is 11.6 Å². The molecule has 3 heteroatoms. The Hall–Kier alpha value is -1.22. The van der Waals surface area contributed by atoms with Gasteiger partial charge in [-0.05, 0) is 43.9 Å². The summed E-state index contributed by atoms with van der Waals surface area (Å²) < 4.78 is 5.64. The molecule has 21 heavy (non-hydrogen) atoms. The van der Waals surface area contributed by atoms with Crippen LogP contribution in [0.1, 0.15) is 44.6 Å². The van der Waals surface area contributed by atoms with Gasteiger partial charge >= 0.3 is 0 Å². The van der Waals surface area contributed by atoms with Crippen molar-refractivity contribution in [3.63, 3.8) is 0 Å². The maximum absolute atomic E-state index is 5.64. The van der Waals surface area contributed by atoms with Gasteiger partial charge in [0.2, 0.25) is 0 Å². The second-order valence-electron chi connectivity index (χ2n) is 6.73. The first-order chi connectivity index (χ1) is 10.2. The molecule has 3 rings (SSSR count). The van der Waals surface area contributed by atoms with Gasteiger partial charge in [0.1, 0.15) is 5.75 Å². The molecule has 1 unspecified atom stereocenters. The van der Waals surface area contributed by atoms with Gasteiger partial charge in [0.05, 0.1) is 12.8 Å². The molecule has 3 nitrogen and oxygen atoms in total. The highest BCUT2D eigenvalue weighted by molar-refractivity contribution is 5.61. The molecule has 1 saturated carbocycles. The summed E-state index contributed by atoms with van der Waals surface area (Å²) >= 11 is 0. The first-order valence-electron chi connectivity index (χ1n) is 8.34. The quantitative estimate of drug-likeness (QED) is 0.921. The lowest BCUT2D eigenvalue weighted by Crippen LogP contribution is -2.63. The average Bonchev–Trinajstić information content (AvgIpc) is 2.95. The molecular weight excluding hydrogens is 260 g/mol. The largest absolute Gasteiger partial charge is 0.495 e. The first-order valence-corrected chi connectivity index (χ1v) is 8.34. The number of nitrogens with one attached hydrogen (secondary N) is 1. The van der Waals surface area contributed by atoms with Crippen molar-refractivity contribution in [1.82, 2.24) is 5.32 Å². The fraction of sp³-hybridized carbons (Fsp3) is 0.667. The topological polar surface area (TPSA) is 24.5 Å². The second kappa shape index (κ2) is 5.88. The van der Waals surface area contributed by atoms with E-state index in [-0.39, 0.29) is 0 Å². The molecule has 1 aliphatic carbocycles. The lowest BCUT2D eigenvalue weighted by molar-refractivity contribution is 0.266. The molecule has 1 atom stereocenters. The number of rotatable bonds is 3. The first kappa shape index (κ1) is 14.7.